The van der Waals surface area contributed by atoms with Crippen LogP contribution < -0.4 is 4.74 Å². The zero-order valence-corrected chi connectivity index (χ0v) is 15.8. The van der Waals surface area contributed by atoms with Crippen LogP contribution in [-0.2, 0) is 19.6 Å². The van der Waals surface area contributed by atoms with Crippen molar-refractivity contribution >= 4 is 16.0 Å². The molecule has 0 N–H and O–H groups in total. The summed E-state index contributed by atoms with van der Waals surface area (Å²) in [5, 5.41) is 0. The van der Waals surface area contributed by atoms with Crippen LogP contribution in [0.4, 0.5) is 0 Å². The minimum absolute atomic E-state index is 0.253. The Kier molecular flexibility index (Phi) is 6.80. The molecule has 1 unspecified atom stereocenters. The van der Waals surface area contributed by atoms with Crippen molar-refractivity contribution in [2.45, 2.75) is 31.7 Å². The summed E-state index contributed by atoms with van der Waals surface area (Å²) in [4.78, 5) is 14.0. The highest BCUT2D eigenvalue weighted by Gasteiger charge is 2.32. The minimum Gasteiger partial charge on any atom is -0.494 e. The molecule has 140 valence electrons. The number of rotatable bonds is 7. The highest BCUT2D eigenvalue weighted by molar-refractivity contribution is 7.89. The number of carbonyl (C=O) groups is 1. The van der Waals surface area contributed by atoms with Crippen LogP contribution in [0, 0.1) is 0 Å². The van der Waals surface area contributed by atoms with Gasteiger partial charge in [-0.1, -0.05) is 0 Å². The lowest BCUT2D eigenvalue weighted by atomic mass is 10.2. The van der Waals surface area contributed by atoms with E-state index in [1.54, 1.807) is 38.1 Å². The lowest BCUT2D eigenvalue weighted by Crippen LogP contribution is -2.53. The molecule has 1 atom stereocenters. The molecule has 0 aromatic heterocycles. The van der Waals surface area contributed by atoms with E-state index in [4.69, 9.17) is 9.47 Å². The summed E-state index contributed by atoms with van der Waals surface area (Å²) in [6.45, 7) is 8.00. The number of esters is 1. The largest absolute Gasteiger partial charge is 0.494 e. The molecule has 0 saturated carbocycles. The average molecular weight is 370 g/mol. The van der Waals surface area contributed by atoms with Crippen molar-refractivity contribution in [1.82, 2.24) is 9.21 Å². The highest BCUT2D eigenvalue weighted by Crippen LogP contribution is 2.21. The summed E-state index contributed by atoms with van der Waals surface area (Å²) in [5.74, 6) is 0.375. The third-order valence-electron chi connectivity index (χ3n) is 4.22. The third kappa shape index (κ3) is 4.71. The molecule has 0 bridgehead atoms. The summed E-state index contributed by atoms with van der Waals surface area (Å²) in [5.41, 5.74) is 0. The quantitative estimate of drug-likeness (QED) is 0.674. The molecule has 1 fully saturated rings. The van der Waals surface area contributed by atoms with E-state index >= 15 is 0 Å². The van der Waals surface area contributed by atoms with Crippen molar-refractivity contribution in [3.05, 3.63) is 24.3 Å². The van der Waals surface area contributed by atoms with Crippen molar-refractivity contribution in [2.75, 3.05) is 39.4 Å². The maximum absolute atomic E-state index is 12.7. The monoisotopic (exact) mass is 370 g/mol. The molecule has 1 aliphatic rings. The number of hydrogen-bond donors (Lipinski definition) is 0. The van der Waals surface area contributed by atoms with Crippen LogP contribution >= 0.6 is 0 Å². The predicted octanol–water partition coefficient (Wildman–Crippen LogP) is 1.34. The van der Waals surface area contributed by atoms with E-state index in [0.29, 0.717) is 45.1 Å². The highest BCUT2D eigenvalue weighted by atomic mass is 32.2. The van der Waals surface area contributed by atoms with E-state index in [0.717, 1.165) is 0 Å². The van der Waals surface area contributed by atoms with E-state index in [2.05, 4.69) is 0 Å². The van der Waals surface area contributed by atoms with Gasteiger partial charge in [0.25, 0.3) is 0 Å². The summed E-state index contributed by atoms with van der Waals surface area (Å²) in [6.07, 6.45) is 0. The first-order valence-corrected chi connectivity index (χ1v) is 9.97. The minimum atomic E-state index is -3.54. The Bertz CT molecular complexity index is 667. The van der Waals surface area contributed by atoms with Crippen LogP contribution in [-0.4, -0.2) is 69.0 Å². The van der Waals surface area contributed by atoms with Gasteiger partial charge in [-0.2, -0.15) is 4.31 Å². The number of hydrogen-bond acceptors (Lipinski definition) is 6. The van der Waals surface area contributed by atoms with Crippen molar-refractivity contribution in [1.29, 1.82) is 0 Å². The lowest BCUT2D eigenvalue weighted by Gasteiger charge is -2.36. The number of carbonyl (C=O) groups excluding carboxylic acids is 1. The van der Waals surface area contributed by atoms with Crippen LogP contribution in [0.5, 0.6) is 5.75 Å². The second-order valence-corrected chi connectivity index (χ2v) is 7.71. The molecule has 7 nitrogen and oxygen atoms in total. The van der Waals surface area contributed by atoms with Gasteiger partial charge in [0.15, 0.2) is 0 Å². The molecular formula is C17H26N2O5S. The standard InChI is InChI=1S/C17H26N2O5S/c1-4-23-15-6-8-16(9-7-15)25(21,22)19-12-10-18(11-13-19)14(3)17(20)24-5-2/h6-9,14H,4-5,10-13H2,1-3H3. The van der Waals surface area contributed by atoms with E-state index in [1.165, 1.54) is 4.31 Å². The summed E-state index contributed by atoms with van der Waals surface area (Å²) in [6, 6.07) is 6.09. The Balaban J connectivity index is 2.00. The van der Waals surface area contributed by atoms with Crippen molar-refractivity contribution in [3.8, 4) is 5.75 Å². The SMILES string of the molecule is CCOC(=O)C(C)N1CCN(S(=O)(=O)c2ccc(OCC)cc2)CC1. The number of nitrogens with zero attached hydrogens (tertiary/aromatic N) is 2. The molecule has 1 heterocycles. The fraction of sp³-hybridized carbons (Fsp3) is 0.588. The normalized spacial score (nSPS) is 17.9. The molecular weight excluding hydrogens is 344 g/mol. The molecule has 25 heavy (non-hydrogen) atoms. The first-order valence-electron chi connectivity index (χ1n) is 8.53. The van der Waals surface area contributed by atoms with Crippen LogP contribution in [0.25, 0.3) is 0 Å². The van der Waals surface area contributed by atoms with Crippen molar-refractivity contribution in [3.63, 3.8) is 0 Å². The summed E-state index contributed by atoms with van der Waals surface area (Å²) < 4.78 is 37.3. The van der Waals surface area contributed by atoms with E-state index in [1.807, 2.05) is 11.8 Å². The number of sulfonamides is 1. The Morgan fingerprint density at radius 2 is 1.68 bits per heavy atom. The first kappa shape index (κ1) is 19.7. The summed E-state index contributed by atoms with van der Waals surface area (Å²) >= 11 is 0. The summed E-state index contributed by atoms with van der Waals surface area (Å²) in [7, 11) is -3.54. The zero-order chi connectivity index (χ0) is 18.4. The number of piperazine rings is 1. The van der Waals surface area contributed by atoms with Gasteiger partial charge in [0, 0.05) is 26.2 Å². The molecule has 0 amide bonds. The number of benzene rings is 1. The molecule has 0 aliphatic carbocycles. The van der Waals surface area contributed by atoms with Gasteiger partial charge in [0.2, 0.25) is 10.0 Å². The smallest absolute Gasteiger partial charge is 0.323 e. The Hall–Kier alpha value is -1.64. The van der Waals surface area contributed by atoms with Gasteiger partial charge in [-0.25, -0.2) is 8.42 Å². The van der Waals surface area contributed by atoms with Gasteiger partial charge in [-0.3, -0.25) is 9.69 Å². The molecule has 0 spiro atoms. The fourth-order valence-electron chi connectivity index (χ4n) is 2.77. The second-order valence-electron chi connectivity index (χ2n) is 5.77. The van der Waals surface area contributed by atoms with Gasteiger partial charge in [-0.05, 0) is 45.0 Å². The molecule has 0 radical (unpaired) electrons. The van der Waals surface area contributed by atoms with Crippen molar-refractivity contribution in [2.24, 2.45) is 0 Å². The van der Waals surface area contributed by atoms with Gasteiger partial charge in [0.05, 0.1) is 18.1 Å². The Morgan fingerprint density at radius 1 is 1.08 bits per heavy atom. The van der Waals surface area contributed by atoms with E-state index in [9.17, 15) is 13.2 Å². The van der Waals surface area contributed by atoms with Gasteiger partial charge < -0.3 is 9.47 Å². The fourth-order valence-corrected chi connectivity index (χ4v) is 4.19. The van der Waals surface area contributed by atoms with Crippen LogP contribution in [0.3, 0.4) is 0 Å². The molecule has 8 heteroatoms. The zero-order valence-electron chi connectivity index (χ0n) is 15.0. The maximum Gasteiger partial charge on any atom is 0.323 e. The van der Waals surface area contributed by atoms with E-state index < -0.39 is 10.0 Å². The lowest BCUT2D eigenvalue weighted by molar-refractivity contribution is -0.149. The second kappa shape index (κ2) is 8.64. The first-order chi connectivity index (χ1) is 11.9. The Morgan fingerprint density at radius 3 is 2.20 bits per heavy atom. The molecule has 1 aromatic carbocycles. The average Bonchev–Trinajstić information content (AvgIpc) is 2.62. The van der Waals surface area contributed by atoms with E-state index in [-0.39, 0.29) is 16.9 Å². The van der Waals surface area contributed by atoms with Gasteiger partial charge in [0.1, 0.15) is 11.8 Å². The third-order valence-corrected chi connectivity index (χ3v) is 6.13. The molecule has 1 saturated heterocycles. The molecule has 2 rings (SSSR count). The number of ether oxygens (including phenoxy) is 2. The Labute approximate surface area is 149 Å². The van der Waals surface area contributed by atoms with Crippen molar-refractivity contribution < 1.29 is 22.7 Å². The predicted molar refractivity (Wildman–Crippen MR) is 94.0 cm³/mol. The van der Waals surface area contributed by atoms with Gasteiger partial charge >= 0.3 is 5.97 Å². The maximum atomic E-state index is 12.7. The topological polar surface area (TPSA) is 76.2 Å². The van der Waals surface area contributed by atoms with Gasteiger partial charge in [-0.15, -0.1) is 0 Å². The van der Waals surface area contributed by atoms with Crippen LogP contribution in [0.15, 0.2) is 29.2 Å². The van der Waals surface area contributed by atoms with Crippen LogP contribution in [0.2, 0.25) is 0 Å². The van der Waals surface area contributed by atoms with Crippen LogP contribution in [0.1, 0.15) is 20.8 Å². The molecule has 1 aliphatic heterocycles. The molecule has 1 aromatic rings.